The smallest absolute Gasteiger partial charge is 0.284 e. The van der Waals surface area contributed by atoms with Gasteiger partial charge in [-0.1, -0.05) is 24.6 Å². The van der Waals surface area contributed by atoms with E-state index in [2.05, 4.69) is 9.50 Å². The summed E-state index contributed by atoms with van der Waals surface area (Å²) in [5, 5.41) is 6.52. The maximum Gasteiger partial charge on any atom is 0.284 e. The first-order valence-corrected chi connectivity index (χ1v) is 10.2. The Morgan fingerprint density at radius 3 is 2.57 bits per heavy atom. The number of hydrazone groups is 1. The van der Waals surface area contributed by atoms with E-state index >= 15 is 0 Å². The fourth-order valence-electron chi connectivity index (χ4n) is 3.04. The van der Waals surface area contributed by atoms with Crippen molar-refractivity contribution in [3.63, 3.8) is 0 Å². The maximum atomic E-state index is 12.5. The molecule has 1 aliphatic heterocycles. The second kappa shape index (κ2) is 6.16. The molecule has 0 atom stereocenters. The van der Waals surface area contributed by atoms with Crippen molar-refractivity contribution in [1.82, 2.24) is 5.01 Å². The van der Waals surface area contributed by atoms with Crippen LogP contribution in [0.25, 0.3) is 0 Å². The van der Waals surface area contributed by atoms with Gasteiger partial charge in [-0.25, -0.2) is 5.01 Å². The summed E-state index contributed by atoms with van der Waals surface area (Å²) in [6.45, 7) is 0.712. The van der Waals surface area contributed by atoms with Crippen molar-refractivity contribution < 1.29 is 8.42 Å². The van der Waals surface area contributed by atoms with Crippen LogP contribution in [0.1, 0.15) is 25.7 Å². The summed E-state index contributed by atoms with van der Waals surface area (Å²) in [5.74, 6) is 0. The van der Waals surface area contributed by atoms with Gasteiger partial charge in [0.05, 0.1) is 11.4 Å². The van der Waals surface area contributed by atoms with Gasteiger partial charge in [0.25, 0.3) is 10.0 Å². The molecule has 1 heterocycles. The molecule has 1 aliphatic carbocycles. The van der Waals surface area contributed by atoms with Crippen LogP contribution in [-0.4, -0.2) is 37.6 Å². The van der Waals surface area contributed by atoms with E-state index in [0.29, 0.717) is 17.4 Å². The average molecular weight is 352 g/mol. The van der Waals surface area contributed by atoms with Crippen LogP contribution in [0.2, 0.25) is 0 Å². The summed E-state index contributed by atoms with van der Waals surface area (Å²) in [5.41, 5.74) is 6.22. The Hall–Kier alpha value is -1.54. The van der Waals surface area contributed by atoms with Crippen LogP contribution in [0.3, 0.4) is 0 Å². The van der Waals surface area contributed by atoms with Gasteiger partial charge < -0.3 is 5.73 Å². The molecule has 1 saturated carbocycles. The SMILES string of the molecule is CS/C(=N\S(=O)(=O)c1ccc(N)cc1)N1CC2(C=N1)CCCC2. The first-order valence-electron chi connectivity index (χ1n) is 7.51. The number of amidine groups is 1. The van der Waals surface area contributed by atoms with Crippen LogP contribution in [0.5, 0.6) is 0 Å². The Kier molecular flexibility index (Phi) is 4.37. The van der Waals surface area contributed by atoms with Crippen molar-refractivity contribution in [2.75, 3.05) is 18.5 Å². The Morgan fingerprint density at radius 2 is 1.96 bits per heavy atom. The van der Waals surface area contributed by atoms with Gasteiger partial charge in [0.15, 0.2) is 5.17 Å². The highest BCUT2D eigenvalue weighted by Gasteiger charge is 2.39. The van der Waals surface area contributed by atoms with Crippen LogP contribution < -0.4 is 5.73 Å². The predicted molar refractivity (Wildman–Crippen MR) is 95.1 cm³/mol. The number of rotatable bonds is 2. The third kappa shape index (κ3) is 3.37. The summed E-state index contributed by atoms with van der Waals surface area (Å²) in [6.07, 6.45) is 8.41. The minimum Gasteiger partial charge on any atom is -0.399 e. The highest BCUT2D eigenvalue weighted by molar-refractivity contribution is 8.13. The molecule has 0 aromatic heterocycles. The Labute approximate surface area is 140 Å². The van der Waals surface area contributed by atoms with Gasteiger partial charge in [-0.2, -0.15) is 13.5 Å². The standard InChI is InChI=1S/C15H20N4O2S2/c1-22-14(19-11-15(10-17-19)8-2-3-9-15)18-23(20,21)13-6-4-12(16)5-7-13/h4-7,10H,2-3,8-9,11,16H2,1H3/b18-14-. The molecule has 0 radical (unpaired) electrons. The second-order valence-electron chi connectivity index (χ2n) is 5.99. The zero-order valence-electron chi connectivity index (χ0n) is 13.0. The number of sulfonamides is 1. The normalized spacial score (nSPS) is 20.6. The number of thioether (sulfide) groups is 1. The molecule has 0 unspecified atom stereocenters. The maximum absolute atomic E-state index is 12.5. The first-order chi connectivity index (χ1) is 10.9. The van der Waals surface area contributed by atoms with Crippen molar-refractivity contribution in [2.45, 2.75) is 30.6 Å². The van der Waals surface area contributed by atoms with E-state index in [1.165, 1.54) is 36.7 Å². The van der Waals surface area contributed by atoms with Crippen LogP contribution in [0.4, 0.5) is 5.69 Å². The highest BCUT2D eigenvalue weighted by Crippen LogP contribution is 2.40. The lowest BCUT2D eigenvalue weighted by Gasteiger charge is -2.22. The monoisotopic (exact) mass is 352 g/mol. The number of benzene rings is 1. The van der Waals surface area contributed by atoms with E-state index < -0.39 is 10.0 Å². The van der Waals surface area contributed by atoms with Crippen LogP contribution in [0, 0.1) is 5.41 Å². The van der Waals surface area contributed by atoms with Gasteiger partial charge in [-0.3, -0.25) is 0 Å². The summed E-state index contributed by atoms with van der Waals surface area (Å²) >= 11 is 1.29. The Morgan fingerprint density at radius 1 is 1.30 bits per heavy atom. The van der Waals surface area contributed by atoms with Gasteiger partial charge in [-0.05, 0) is 43.4 Å². The molecule has 2 aliphatic rings. The molecular formula is C15H20N4O2S2. The first kappa shape index (κ1) is 16.3. The predicted octanol–water partition coefficient (Wildman–Crippen LogP) is 2.54. The summed E-state index contributed by atoms with van der Waals surface area (Å²) in [7, 11) is -3.76. The third-order valence-electron chi connectivity index (χ3n) is 4.31. The number of hydrogen-bond donors (Lipinski definition) is 1. The zero-order chi connectivity index (χ0) is 16.5. The molecule has 6 nitrogen and oxygen atoms in total. The number of nitrogens with two attached hydrogens (primary N) is 1. The van der Waals surface area contributed by atoms with Gasteiger partial charge >= 0.3 is 0 Å². The van der Waals surface area contributed by atoms with Gasteiger partial charge in [0.2, 0.25) is 0 Å². The number of nitrogens with zero attached hydrogens (tertiary/aromatic N) is 3. The molecule has 0 saturated heterocycles. The molecule has 124 valence electrons. The lowest BCUT2D eigenvalue weighted by Crippen LogP contribution is -2.30. The number of nitrogen functional groups attached to an aromatic ring is 1. The lowest BCUT2D eigenvalue weighted by molar-refractivity contribution is 0.352. The molecule has 23 heavy (non-hydrogen) atoms. The van der Waals surface area contributed by atoms with Crippen LogP contribution in [-0.2, 0) is 10.0 Å². The average Bonchev–Trinajstić information content (AvgIpc) is 3.16. The van der Waals surface area contributed by atoms with Gasteiger partial charge in [0.1, 0.15) is 0 Å². The van der Waals surface area contributed by atoms with Crippen LogP contribution in [0.15, 0.2) is 38.7 Å². The molecular weight excluding hydrogens is 332 g/mol. The van der Waals surface area contributed by atoms with Gasteiger partial charge in [-0.15, -0.1) is 4.40 Å². The van der Waals surface area contributed by atoms with Crippen molar-refractivity contribution in [2.24, 2.45) is 14.9 Å². The molecule has 8 heteroatoms. The van der Waals surface area contributed by atoms with E-state index in [9.17, 15) is 8.42 Å². The topological polar surface area (TPSA) is 88.1 Å². The third-order valence-corrected chi connectivity index (χ3v) is 6.38. The minimum atomic E-state index is -3.76. The van der Waals surface area contributed by atoms with E-state index in [1.54, 1.807) is 17.1 Å². The Balaban J connectivity index is 1.84. The molecule has 1 spiro atoms. The largest absolute Gasteiger partial charge is 0.399 e. The molecule has 0 amide bonds. The summed E-state index contributed by atoms with van der Waals surface area (Å²) < 4.78 is 28.9. The molecule has 0 bridgehead atoms. The van der Waals surface area contributed by atoms with E-state index in [-0.39, 0.29) is 10.3 Å². The quantitative estimate of drug-likeness (QED) is 0.502. The minimum absolute atomic E-state index is 0.0987. The fraction of sp³-hybridized carbons (Fsp3) is 0.467. The highest BCUT2D eigenvalue weighted by atomic mass is 32.2. The molecule has 1 aromatic carbocycles. The van der Waals surface area contributed by atoms with E-state index in [1.807, 2.05) is 12.5 Å². The van der Waals surface area contributed by atoms with Crippen LogP contribution >= 0.6 is 11.8 Å². The molecule has 1 aromatic rings. The van der Waals surface area contributed by atoms with Gasteiger partial charge in [0, 0.05) is 17.3 Å². The van der Waals surface area contributed by atoms with E-state index in [0.717, 1.165) is 12.8 Å². The van der Waals surface area contributed by atoms with Crippen molar-refractivity contribution in [1.29, 1.82) is 0 Å². The van der Waals surface area contributed by atoms with E-state index in [4.69, 9.17) is 5.73 Å². The fourth-order valence-corrected chi connectivity index (χ4v) is 4.84. The zero-order valence-corrected chi connectivity index (χ0v) is 14.6. The Bertz CT molecular complexity index is 735. The molecule has 1 fully saturated rings. The second-order valence-corrected chi connectivity index (χ2v) is 8.37. The van der Waals surface area contributed by atoms with Crippen molar-refractivity contribution >= 4 is 38.9 Å². The van der Waals surface area contributed by atoms with Crippen molar-refractivity contribution in [3.05, 3.63) is 24.3 Å². The van der Waals surface area contributed by atoms with Crippen molar-refractivity contribution in [3.8, 4) is 0 Å². The molecule has 2 N–H and O–H groups in total. The number of hydrogen-bond acceptors (Lipinski definition) is 5. The summed E-state index contributed by atoms with van der Waals surface area (Å²) in [6, 6.07) is 6.06. The molecule has 3 rings (SSSR count). The number of anilines is 1. The summed E-state index contributed by atoms with van der Waals surface area (Å²) in [4.78, 5) is 0.136. The lowest BCUT2D eigenvalue weighted by atomic mass is 9.89.